The van der Waals surface area contributed by atoms with Crippen LogP contribution in [0.3, 0.4) is 0 Å². The summed E-state index contributed by atoms with van der Waals surface area (Å²) >= 11 is 0. The highest BCUT2D eigenvalue weighted by Crippen LogP contribution is 2.55. The Hall–Kier alpha value is -7.96. The van der Waals surface area contributed by atoms with Crippen molar-refractivity contribution in [2.24, 2.45) is 0 Å². The Morgan fingerprint density at radius 3 is 1.75 bits per heavy atom. The molecule has 0 unspecified atom stereocenters. The van der Waals surface area contributed by atoms with Crippen LogP contribution < -0.4 is 0 Å². The number of benzene rings is 7. The molecule has 1 aliphatic carbocycles. The third-order valence-corrected chi connectivity index (χ3v) is 12.4. The van der Waals surface area contributed by atoms with Gasteiger partial charge in [-0.3, -0.25) is 4.98 Å². The van der Waals surface area contributed by atoms with E-state index in [-0.39, 0.29) is 5.41 Å². The van der Waals surface area contributed by atoms with Crippen molar-refractivity contribution in [2.45, 2.75) is 19.3 Å². The number of rotatable bonds is 6. The van der Waals surface area contributed by atoms with E-state index in [4.69, 9.17) is 19.9 Å². The summed E-state index contributed by atoms with van der Waals surface area (Å²) in [5, 5.41) is 3.61. The summed E-state index contributed by atoms with van der Waals surface area (Å²) in [6.45, 7) is 4.75. The van der Waals surface area contributed by atoms with Gasteiger partial charge >= 0.3 is 0 Å². The molecule has 12 rings (SSSR count). The number of fused-ring (bicyclic) bond motifs is 9. The van der Waals surface area contributed by atoms with E-state index in [1.807, 2.05) is 72.9 Å². The van der Waals surface area contributed by atoms with Crippen molar-refractivity contribution in [1.29, 1.82) is 0 Å². The maximum atomic E-state index is 5.10. The fourth-order valence-corrected chi connectivity index (χ4v) is 9.66. The highest BCUT2D eigenvalue weighted by molar-refractivity contribution is 6.23. The van der Waals surface area contributed by atoms with E-state index in [0.29, 0.717) is 17.5 Å². The fourth-order valence-electron chi connectivity index (χ4n) is 9.66. The molecule has 61 heavy (non-hydrogen) atoms. The molecule has 7 aromatic carbocycles. The minimum atomic E-state index is -0.203. The molecule has 0 aliphatic heterocycles. The second-order valence-corrected chi connectivity index (χ2v) is 16.3. The lowest BCUT2D eigenvalue weighted by atomic mass is 9.81. The molecule has 0 spiro atoms. The van der Waals surface area contributed by atoms with Gasteiger partial charge in [0.05, 0.1) is 27.9 Å². The van der Waals surface area contributed by atoms with Gasteiger partial charge in [-0.05, 0) is 65.7 Å². The molecule has 6 heteroatoms. The van der Waals surface area contributed by atoms with E-state index in [1.54, 1.807) is 0 Å². The van der Waals surface area contributed by atoms with Crippen LogP contribution in [0.5, 0.6) is 0 Å². The van der Waals surface area contributed by atoms with Gasteiger partial charge in [-0.1, -0.05) is 147 Å². The number of pyridine rings is 1. The fraction of sp³-hybridized carbons (Fsp3) is 0.0545. The van der Waals surface area contributed by atoms with Gasteiger partial charge in [0.2, 0.25) is 0 Å². The molecule has 0 fully saturated rings. The quantitative estimate of drug-likeness (QED) is 0.169. The van der Waals surface area contributed by atoms with Gasteiger partial charge in [0.1, 0.15) is 0 Å². The molecule has 4 aromatic heterocycles. The molecule has 1 aliphatic rings. The van der Waals surface area contributed by atoms with E-state index < -0.39 is 0 Å². The molecule has 0 atom stereocenters. The smallest absolute Gasteiger partial charge is 0.164 e. The van der Waals surface area contributed by atoms with Crippen molar-refractivity contribution in [2.75, 3.05) is 0 Å². The molecule has 0 N–H and O–H groups in total. The Balaban J connectivity index is 1.16. The molecule has 0 saturated heterocycles. The molecule has 0 amide bonds. The zero-order valence-corrected chi connectivity index (χ0v) is 33.7. The third-order valence-electron chi connectivity index (χ3n) is 12.4. The van der Waals surface area contributed by atoms with Crippen molar-refractivity contribution in [3.05, 3.63) is 205 Å². The highest BCUT2D eigenvalue weighted by Gasteiger charge is 2.41. The monoisotopic (exact) mass is 782 g/mol. The van der Waals surface area contributed by atoms with E-state index in [2.05, 4.69) is 144 Å². The van der Waals surface area contributed by atoms with Gasteiger partial charge in [-0.25, -0.2) is 15.0 Å². The van der Waals surface area contributed by atoms with Crippen LogP contribution in [-0.2, 0) is 5.41 Å². The molecule has 0 saturated carbocycles. The molecule has 4 heterocycles. The number of para-hydroxylation sites is 1. The summed E-state index contributed by atoms with van der Waals surface area (Å²) in [6, 6.07) is 66.2. The van der Waals surface area contributed by atoms with Gasteiger partial charge in [0, 0.05) is 67.0 Å². The van der Waals surface area contributed by atoms with Gasteiger partial charge in [-0.15, -0.1) is 0 Å². The zero-order chi connectivity index (χ0) is 40.7. The van der Waals surface area contributed by atoms with E-state index in [1.165, 1.54) is 38.7 Å². The van der Waals surface area contributed by atoms with E-state index in [9.17, 15) is 0 Å². The predicted octanol–water partition coefficient (Wildman–Crippen LogP) is 13.3. The third kappa shape index (κ3) is 5.42. The number of aromatic nitrogens is 6. The topological polar surface area (TPSA) is 61.4 Å². The van der Waals surface area contributed by atoms with Crippen LogP contribution in [0.15, 0.2) is 194 Å². The van der Waals surface area contributed by atoms with Gasteiger partial charge in [-0.2, -0.15) is 0 Å². The Labute approximate surface area is 353 Å². The second kappa shape index (κ2) is 13.5. The largest absolute Gasteiger partial charge is 0.309 e. The lowest BCUT2D eigenvalue weighted by Crippen LogP contribution is -2.14. The number of nitrogens with zero attached hydrogens (tertiary/aromatic N) is 6. The SMILES string of the molecule is CC1(C)c2ccccc2-c2c1c1ccc3c(c4cc(-c5ccccn5)ccc4n3-c3cccc(-c4nc(-c5ccccc5)nc(-c5ccccc5)n4)c3)c1n2-c1ccccc1. The predicted molar refractivity (Wildman–Crippen MR) is 248 cm³/mol. The molecular weight excluding hydrogens is 745 g/mol. The van der Waals surface area contributed by atoms with Crippen LogP contribution in [0.25, 0.3) is 101 Å². The van der Waals surface area contributed by atoms with Crippen LogP contribution in [-0.4, -0.2) is 29.1 Å². The highest BCUT2D eigenvalue weighted by atomic mass is 15.0. The number of hydrogen-bond acceptors (Lipinski definition) is 4. The maximum absolute atomic E-state index is 5.10. The second-order valence-electron chi connectivity index (χ2n) is 16.3. The molecule has 0 radical (unpaired) electrons. The summed E-state index contributed by atoms with van der Waals surface area (Å²) in [5.74, 6) is 1.89. The Morgan fingerprint density at radius 1 is 0.443 bits per heavy atom. The molecule has 0 bridgehead atoms. The average Bonchev–Trinajstić information content (AvgIpc) is 3.93. The maximum Gasteiger partial charge on any atom is 0.164 e. The Morgan fingerprint density at radius 2 is 1.05 bits per heavy atom. The van der Waals surface area contributed by atoms with E-state index >= 15 is 0 Å². The molecule has 288 valence electrons. The van der Waals surface area contributed by atoms with Crippen LogP contribution >= 0.6 is 0 Å². The molecule has 6 nitrogen and oxygen atoms in total. The van der Waals surface area contributed by atoms with Crippen molar-refractivity contribution in [3.63, 3.8) is 0 Å². The molecular formula is C55H38N6. The summed E-state index contributed by atoms with van der Waals surface area (Å²) in [4.78, 5) is 19.9. The summed E-state index contributed by atoms with van der Waals surface area (Å²) in [6.07, 6.45) is 1.87. The van der Waals surface area contributed by atoms with Crippen LogP contribution in [0.4, 0.5) is 0 Å². The lowest BCUT2D eigenvalue weighted by molar-refractivity contribution is 0.666. The lowest BCUT2D eigenvalue weighted by Gasteiger charge is -2.21. The standard InChI is InChI=1S/C55H38N6/c1-55(2)44-26-13-12-25-41(44)51-49(55)42-29-31-47-48(50(42)61(51)39-22-10-5-11-23-39)43-34-37(45-27-14-15-32-56-45)28-30-46(43)60(47)40-24-16-21-38(33-40)54-58-52(35-17-6-3-7-18-35)57-53(59-54)36-19-8-4-9-20-36/h3-34H,1-2H3. The minimum Gasteiger partial charge on any atom is -0.309 e. The summed E-state index contributed by atoms with van der Waals surface area (Å²) < 4.78 is 4.93. The number of hydrogen-bond donors (Lipinski definition) is 0. The Kier molecular flexibility index (Phi) is 7.78. The Bertz CT molecular complexity index is 3420. The zero-order valence-electron chi connectivity index (χ0n) is 33.7. The van der Waals surface area contributed by atoms with Crippen molar-refractivity contribution < 1.29 is 0 Å². The first-order chi connectivity index (χ1) is 30.0. The summed E-state index contributed by atoms with van der Waals surface area (Å²) in [5.41, 5.74) is 15.4. The normalized spacial score (nSPS) is 12.9. The van der Waals surface area contributed by atoms with Crippen LogP contribution in [0.2, 0.25) is 0 Å². The van der Waals surface area contributed by atoms with Crippen molar-refractivity contribution in [1.82, 2.24) is 29.1 Å². The first kappa shape index (κ1) is 35.0. The van der Waals surface area contributed by atoms with Gasteiger partial charge < -0.3 is 9.13 Å². The van der Waals surface area contributed by atoms with Gasteiger partial charge in [0.25, 0.3) is 0 Å². The van der Waals surface area contributed by atoms with Crippen molar-refractivity contribution in [3.8, 4) is 68.1 Å². The van der Waals surface area contributed by atoms with Crippen molar-refractivity contribution >= 4 is 32.7 Å². The van der Waals surface area contributed by atoms with Crippen LogP contribution in [0, 0.1) is 0 Å². The minimum absolute atomic E-state index is 0.203. The van der Waals surface area contributed by atoms with Crippen LogP contribution in [0.1, 0.15) is 25.0 Å². The molecule has 11 aromatic rings. The first-order valence-electron chi connectivity index (χ1n) is 20.7. The van der Waals surface area contributed by atoms with E-state index in [0.717, 1.165) is 55.7 Å². The first-order valence-corrected chi connectivity index (χ1v) is 20.7. The average molecular weight is 783 g/mol. The van der Waals surface area contributed by atoms with Gasteiger partial charge in [0.15, 0.2) is 17.5 Å². The summed E-state index contributed by atoms with van der Waals surface area (Å²) in [7, 11) is 0.